The average molecular weight is 333 g/mol. The zero-order valence-electron chi connectivity index (χ0n) is 13.5. The van der Waals surface area contributed by atoms with Gasteiger partial charge in [-0.3, -0.25) is 0 Å². The molecule has 1 N–H and O–H groups in total. The Bertz CT molecular complexity index is 659. The molecule has 23 heavy (non-hydrogen) atoms. The molecule has 0 aliphatic heterocycles. The van der Waals surface area contributed by atoms with Crippen molar-refractivity contribution in [3.05, 3.63) is 59.1 Å². The van der Waals surface area contributed by atoms with Gasteiger partial charge in [0.1, 0.15) is 5.75 Å². The van der Waals surface area contributed by atoms with Gasteiger partial charge in [0.2, 0.25) is 0 Å². The van der Waals surface area contributed by atoms with E-state index in [0.29, 0.717) is 23.1 Å². The van der Waals surface area contributed by atoms with Gasteiger partial charge in [-0.1, -0.05) is 48.9 Å². The van der Waals surface area contributed by atoms with Crippen LogP contribution in [-0.4, -0.2) is 31.6 Å². The lowest BCUT2D eigenvalue weighted by atomic mass is 10.0. The minimum absolute atomic E-state index is 0.201. The summed E-state index contributed by atoms with van der Waals surface area (Å²) in [7, 11) is 3.36. The number of anilines is 1. The number of urea groups is 1. The largest absolute Gasteiger partial charge is 0.491 e. The molecule has 2 amide bonds. The van der Waals surface area contributed by atoms with E-state index in [1.54, 1.807) is 32.3 Å². The Morgan fingerprint density at radius 1 is 1.22 bits per heavy atom. The van der Waals surface area contributed by atoms with Crippen LogP contribution in [0.2, 0.25) is 5.02 Å². The summed E-state index contributed by atoms with van der Waals surface area (Å²) in [6, 6.07) is 15.2. The number of carbonyl (C=O) groups excluding carboxylic acids is 1. The van der Waals surface area contributed by atoms with Gasteiger partial charge in [0.15, 0.2) is 0 Å². The second-order valence-corrected chi connectivity index (χ2v) is 6.00. The van der Waals surface area contributed by atoms with Crippen molar-refractivity contribution in [3.63, 3.8) is 0 Å². The molecule has 2 aromatic rings. The molecular weight excluding hydrogens is 312 g/mol. The number of rotatable bonds is 5. The van der Waals surface area contributed by atoms with E-state index >= 15 is 0 Å². The highest BCUT2D eigenvalue weighted by Crippen LogP contribution is 2.29. The third-order valence-electron chi connectivity index (χ3n) is 3.45. The second-order valence-electron chi connectivity index (χ2n) is 5.59. The van der Waals surface area contributed by atoms with Gasteiger partial charge < -0.3 is 15.0 Å². The zero-order chi connectivity index (χ0) is 16.8. The van der Waals surface area contributed by atoms with Gasteiger partial charge in [-0.05, 0) is 23.8 Å². The highest BCUT2D eigenvalue weighted by atomic mass is 35.5. The minimum atomic E-state index is -0.201. The maximum Gasteiger partial charge on any atom is 0.321 e. The molecule has 1 atom stereocenters. The number of nitrogens with one attached hydrogen (secondary N) is 1. The van der Waals surface area contributed by atoms with Crippen LogP contribution in [0, 0.1) is 0 Å². The predicted molar refractivity (Wildman–Crippen MR) is 94.5 cm³/mol. The van der Waals surface area contributed by atoms with E-state index in [-0.39, 0.29) is 11.9 Å². The van der Waals surface area contributed by atoms with Crippen LogP contribution in [0.4, 0.5) is 10.5 Å². The van der Waals surface area contributed by atoms with Gasteiger partial charge in [-0.15, -0.1) is 0 Å². The van der Waals surface area contributed by atoms with Crippen LogP contribution < -0.4 is 10.1 Å². The molecule has 2 rings (SSSR count). The molecule has 0 saturated heterocycles. The van der Waals surface area contributed by atoms with Crippen molar-refractivity contribution in [2.24, 2.45) is 0 Å². The molecule has 0 radical (unpaired) electrons. The summed E-state index contributed by atoms with van der Waals surface area (Å²) < 4.78 is 5.81. The van der Waals surface area contributed by atoms with Crippen molar-refractivity contribution in [1.29, 1.82) is 0 Å². The molecule has 2 aromatic carbocycles. The van der Waals surface area contributed by atoms with Crippen LogP contribution >= 0.6 is 11.6 Å². The summed E-state index contributed by atoms with van der Waals surface area (Å²) in [5.74, 6) is 0.873. The lowest BCUT2D eigenvalue weighted by molar-refractivity contribution is 0.230. The molecule has 5 heteroatoms. The Morgan fingerprint density at radius 2 is 1.91 bits per heavy atom. The number of hydrogen-bond donors (Lipinski definition) is 1. The highest BCUT2D eigenvalue weighted by molar-refractivity contribution is 6.32. The predicted octanol–water partition coefficient (Wildman–Crippen LogP) is 4.62. The average Bonchev–Trinajstić information content (AvgIpc) is 2.54. The molecule has 0 aromatic heterocycles. The lowest BCUT2D eigenvalue weighted by Gasteiger charge is -2.16. The number of ether oxygens (including phenoxy) is 1. The van der Waals surface area contributed by atoms with E-state index in [2.05, 4.69) is 24.4 Å². The molecule has 122 valence electrons. The number of carbonyl (C=O) groups is 1. The fraction of sp³-hybridized carbons (Fsp3) is 0.278. The summed E-state index contributed by atoms with van der Waals surface area (Å²) in [5.41, 5.74) is 1.86. The molecule has 1 unspecified atom stereocenters. The standard InChI is InChI=1S/C18H21ClN2O2/c1-13(14-7-5-4-6-8-14)12-23-17-10-9-15(11-16(17)19)20-18(22)21(2)3/h4-11,13H,12H2,1-3H3,(H,20,22). The Balaban J connectivity index is 1.97. The van der Waals surface area contributed by atoms with Gasteiger partial charge in [0.25, 0.3) is 0 Å². The van der Waals surface area contributed by atoms with Crippen molar-refractivity contribution in [1.82, 2.24) is 4.90 Å². The van der Waals surface area contributed by atoms with E-state index in [4.69, 9.17) is 16.3 Å². The molecular formula is C18H21ClN2O2. The van der Waals surface area contributed by atoms with E-state index < -0.39 is 0 Å². The number of nitrogens with zero attached hydrogens (tertiary/aromatic N) is 1. The smallest absolute Gasteiger partial charge is 0.321 e. The Hall–Kier alpha value is -2.20. The number of hydrogen-bond acceptors (Lipinski definition) is 2. The van der Waals surface area contributed by atoms with Crippen molar-refractivity contribution in [2.75, 3.05) is 26.0 Å². The fourth-order valence-electron chi connectivity index (χ4n) is 2.02. The van der Waals surface area contributed by atoms with Crippen LogP contribution in [-0.2, 0) is 0 Å². The quantitative estimate of drug-likeness (QED) is 0.868. The topological polar surface area (TPSA) is 41.6 Å². The van der Waals surface area contributed by atoms with Crippen LogP contribution in [0.15, 0.2) is 48.5 Å². The maximum absolute atomic E-state index is 11.6. The van der Waals surface area contributed by atoms with Gasteiger partial charge >= 0.3 is 6.03 Å². The van der Waals surface area contributed by atoms with Gasteiger partial charge in [0, 0.05) is 25.7 Å². The van der Waals surface area contributed by atoms with Crippen molar-refractivity contribution >= 4 is 23.3 Å². The third kappa shape index (κ3) is 4.89. The van der Waals surface area contributed by atoms with Crippen LogP contribution in [0.25, 0.3) is 0 Å². The van der Waals surface area contributed by atoms with E-state index in [1.165, 1.54) is 10.5 Å². The Morgan fingerprint density at radius 3 is 2.52 bits per heavy atom. The fourth-order valence-corrected chi connectivity index (χ4v) is 2.26. The zero-order valence-corrected chi connectivity index (χ0v) is 14.3. The number of amides is 2. The summed E-state index contributed by atoms with van der Waals surface area (Å²) in [6.07, 6.45) is 0. The minimum Gasteiger partial charge on any atom is -0.491 e. The van der Waals surface area contributed by atoms with Gasteiger partial charge in [0.05, 0.1) is 11.6 Å². The van der Waals surface area contributed by atoms with E-state index in [1.807, 2.05) is 18.2 Å². The molecule has 0 heterocycles. The summed E-state index contributed by atoms with van der Waals surface area (Å²) >= 11 is 6.23. The summed E-state index contributed by atoms with van der Waals surface area (Å²) in [4.78, 5) is 13.1. The molecule has 4 nitrogen and oxygen atoms in total. The third-order valence-corrected chi connectivity index (χ3v) is 3.74. The van der Waals surface area contributed by atoms with Crippen LogP contribution in [0.3, 0.4) is 0 Å². The summed E-state index contributed by atoms with van der Waals surface area (Å²) in [6.45, 7) is 2.64. The number of benzene rings is 2. The summed E-state index contributed by atoms with van der Waals surface area (Å²) in [5, 5.41) is 3.22. The Labute approximate surface area is 142 Å². The molecule has 0 spiro atoms. The number of halogens is 1. The van der Waals surface area contributed by atoms with Gasteiger partial charge in [-0.2, -0.15) is 0 Å². The molecule has 0 aliphatic rings. The highest BCUT2D eigenvalue weighted by Gasteiger charge is 2.10. The molecule has 0 fully saturated rings. The van der Waals surface area contributed by atoms with Crippen molar-refractivity contribution in [2.45, 2.75) is 12.8 Å². The maximum atomic E-state index is 11.6. The van der Waals surface area contributed by atoms with Gasteiger partial charge in [-0.25, -0.2) is 4.79 Å². The second kappa shape index (κ2) is 7.88. The van der Waals surface area contributed by atoms with Crippen molar-refractivity contribution < 1.29 is 9.53 Å². The lowest BCUT2D eigenvalue weighted by Crippen LogP contribution is -2.27. The Kier molecular flexibility index (Phi) is 5.88. The normalized spacial score (nSPS) is 11.7. The van der Waals surface area contributed by atoms with Crippen LogP contribution in [0.1, 0.15) is 18.4 Å². The SMILES string of the molecule is CC(COc1ccc(NC(=O)N(C)C)cc1Cl)c1ccccc1. The molecule has 0 bridgehead atoms. The first kappa shape index (κ1) is 17.2. The van der Waals surface area contributed by atoms with E-state index in [9.17, 15) is 4.79 Å². The van der Waals surface area contributed by atoms with Crippen LogP contribution in [0.5, 0.6) is 5.75 Å². The molecule has 0 saturated carbocycles. The van der Waals surface area contributed by atoms with Crippen molar-refractivity contribution in [3.8, 4) is 5.75 Å². The molecule has 0 aliphatic carbocycles. The first-order valence-corrected chi connectivity index (χ1v) is 7.80. The first-order chi connectivity index (χ1) is 11.0. The van der Waals surface area contributed by atoms with E-state index in [0.717, 1.165) is 0 Å². The monoisotopic (exact) mass is 332 g/mol. The first-order valence-electron chi connectivity index (χ1n) is 7.43.